The van der Waals surface area contributed by atoms with Crippen molar-refractivity contribution >= 4 is 22.4 Å². The first-order valence-corrected chi connectivity index (χ1v) is 8.75. The van der Waals surface area contributed by atoms with Crippen LogP contribution >= 0.6 is 11.3 Å². The number of carbonyl (C=O) groups excluding carboxylic acids is 1. The number of hydrogen-bond acceptors (Lipinski definition) is 8. The third-order valence-electron chi connectivity index (χ3n) is 3.48. The van der Waals surface area contributed by atoms with Crippen LogP contribution in [0.2, 0.25) is 0 Å². The fraction of sp³-hybridized carbons (Fsp3) is 0.312. The molecule has 0 saturated carbocycles. The lowest BCUT2D eigenvalue weighted by Crippen LogP contribution is -2.11. The molecular weight excluding hydrogens is 380 g/mol. The van der Waals surface area contributed by atoms with E-state index in [0.29, 0.717) is 35.9 Å². The molecule has 142 valence electrons. The molecule has 0 aliphatic heterocycles. The lowest BCUT2D eigenvalue weighted by atomic mass is 10.2. The van der Waals surface area contributed by atoms with E-state index in [1.54, 1.807) is 19.2 Å². The summed E-state index contributed by atoms with van der Waals surface area (Å²) in [5.74, 6) is 1.24. The molecule has 0 aliphatic carbocycles. The van der Waals surface area contributed by atoms with Crippen molar-refractivity contribution in [2.24, 2.45) is 0 Å². The third-order valence-corrected chi connectivity index (χ3v) is 4.33. The molecule has 0 bridgehead atoms. The van der Waals surface area contributed by atoms with Gasteiger partial charge in [-0.25, -0.2) is 8.78 Å². The number of aromatic nitrogens is 4. The van der Waals surface area contributed by atoms with Crippen molar-refractivity contribution in [3.8, 4) is 17.1 Å². The molecule has 3 rings (SSSR count). The van der Waals surface area contributed by atoms with Gasteiger partial charge in [0.05, 0.1) is 7.11 Å². The lowest BCUT2D eigenvalue weighted by molar-refractivity contribution is -0.116. The zero-order valence-corrected chi connectivity index (χ0v) is 15.0. The summed E-state index contributed by atoms with van der Waals surface area (Å²) >= 11 is 0.649. The van der Waals surface area contributed by atoms with Crippen LogP contribution in [0.1, 0.15) is 30.2 Å². The Balaban J connectivity index is 1.47. The van der Waals surface area contributed by atoms with E-state index >= 15 is 0 Å². The Labute approximate surface area is 156 Å². The predicted octanol–water partition coefficient (Wildman–Crippen LogP) is 3.50. The number of benzene rings is 1. The van der Waals surface area contributed by atoms with E-state index in [0.717, 1.165) is 11.3 Å². The second kappa shape index (κ2) is 8.62. The van der Waals surface area contributed by atoms with Crippen molar-refractivity contribution in [3.05, 3.63) is 35.2 Å². The number of methoxy groups -OCH3 is 1. The number of nitrogens with one attached hydrogen (secondary N) is 1. The molecule has 0 spiro atoms. The molecule has 0 atom stereocenters. The predicted molar refractivity (Wildman–Crippen MR) is 92.7 cm³/mol. The van der Waals surface area contributed by atoms with Gasteiger partial charge in [-0.2, -0.15) is 4.98 Å². The Morgan fingerprint density at radius 3 is 2.74 bits per heavy atom. The number of aryl methyl sites for hydroxylation is 1. The summed E-state index contributed by atoms with van der Waals surface area (Å²) in [6.45, 7) is 0. The highest BCUT2D eigenvalue weighted by Gasteiger charge is 2.15. The maximum absolute atomic E-state index is 12.4. The largest absolute Gasteiger partial charge is 0.497 e. The average molecular weight is 395 g/mol. The molecule has 0 unspecified atom stereocenters. The highest BCUT2D eigenvalue weighted by atomic mass is 32.1. The highest BCUT2D eigenvalue weighted by molar-refractivity contribution is 7.15. The SMILES string of the molecule is COc1ccc(-c2noc(CCCC(=O)Nc3nnc(C(F)F)s3)n2)cc1. The van der Waals surface area contributed by atoms with Gasteiger partial charge in [0.2, 0.25) is 22.8 Å². The molecular formula is C16H15F2N5O3S. The summed E-state index contributed by atoms with van der Waals surface area (Å²) in [5.41, 5.74) is 0.787. The van der Waals surface area contributed by atoms with Gasteiger partial charge in [-0.05, 0) is 30.7 Å². The minimum Gasteiger partial charge on any atom is -0.497 e. The fourth-order valence-electron chi connectivity index (χ4n) is 2.17. The summed E-state index contributed by atoms with van der Waals surface area (Å²) in [5, 5.41) is 12.8. The first-order chi connectivity index (χ1) is 13.0. The molecule has 0 fully saturated rings. The minimum atomic E-state index is -2.70. The van der Waals surface area contributed by atoms with Gasteiger partial charge >= 0.3 is 0 Å². The van der Waals surface area contributed by atoms with Crippen LogP contribution in [0.5, 0.6) is 5.75 Å². The van der Waals surface area contributed by atoms with Gasteiger partial charge in [0, 0.05) is 18.4 Å². The molecule has 0 radical (unpaired) electrons. The first-order valence-electron chi connectivity index (χ1n) is 7.93. The van der Waals surface area contributed by atoms with Crippen molar-refractivity contribution in [2.75, 3.05) is 12.4 Å². The summed E-state index contributed by atoms with van der Waals surface area (Å²) in [7, 11) is 1.58. The number of hydrogen-bond donors (Lipinski definition) is 1. The Hall–Kier alpha value is -2.95. The van der Waals surface area contributed by atoms with Crippen LogP contribution in [-0.2, 0) is 11.2 Å². The zero-order chi connectivity index (χ0) is 19.2. The van der Waals surface area contributed by atoms with E-state index in [2.05, 4.69) is 25.7 Å². The van der Waals surface area contributed by atoms with Crippen LogP contribution in [-0.4, -0.2) is 33.4 Å². The molecule has 0 saturated heterocycles. The zero-order valence-electron chi connectivity index (χ0n) is 14.2. The molecule has 2 heterocycles. The van der Waals surface area contributed by atoms with Crippen LogP contribution in [0.15, 0.2) is 28.8 Å². The molecule has 3 aromatic rings. The summed E-state index contributed by atoms with van der Waals surface area (Å²) in [4.78, 5) is 16.1. The number of halogens is 2. The molecule has 27 heavy (non-hydrogen) atoms. The van der Waals surface area contributed by atoms with E-state index in [1.807, 2.05) is 12.1 Å². The molecule has 1 amide bonds. The topological polar surface area (TPSA) is 103 Å². The van der Waals surface area contributed by atoms with E-state index in [4.69, 9.17) is 9.26 Å². The summed E-state index contributed by atoms with van der Waals surface area (Å²) in [6, 6.07) is 7.22. The van der Waals surface area contributed by atoms with Crippen molar-refractivity contribution < 1.29 is 22.8 Å². The van der Waals surface area contributed by atoms with Crippen LogP contribution < -0.4 is 10.1 Å². The second-order valence-corrected chi connectivity index (χ2v) is 6.40. The van der Waals surface area contributed by atoms with E-state index in [9.17, 15) is 13.6 Å². The standard InChI is InChI=1S/C16H15F2N5O3S/c1-25-10-7-5-9(6-8-10)14-20-12(26-23-14)4-2-3-11(24)19-16-22-21-15(27-16)13(17)18/h5-8,13H,2-4H2,1H3,(H,19,22,24). The van der Waals surface area contributed by atoms with E-state index in [1.165, 1.54) is 0 Å². The number of carbonyl (C=O) groups is 1. The number of ether oxygens (including phenoxy) is 1. The fourth-order valence-corrected chi connectivity index (χ4v) is 2.78. The highest BCUT2D eigenvalue weighted by Crippen LogP contribution is 2.25. The normalized spacial score (nSPS) is 11.0. The van der Waals surface area contributed by atoms with Crippen molar-refractivity contribution in [1.29, 1.82) is 0 Å². The number of nitrogens with zero attached hydrogens (tertiary/aromatic N) is 4. The quantitative estimate of drug-likeness (QED) is 0.623. The average Bonchev–Trinajstić information content (AvgIpc) is 3.31. The van der Waals surface area contributed by atoms with Gasteiger partial charge in [-0.15, -0.1) is 10.2 Å². The van der Waals surface area contributed by atoms with Crippen LogP contribution in [0.3, 0.4) is 0 Å². The van der Waals surface area contributed by atoms with Gasteiger partial charge < -0.3 is 14.6 Å². The van der Waals surface area contributed by atoms with Crippen molar-refractivity contribution in [1.82, 2.24) is 20.3 Å². The molecule has 1 N–H and O–H groups in total. The monoisotopic (exact) mass is 395 g/mol. The number of amides is 1. The lowest BCUT2D eigenvalue weighted by Gasteiger charge is -1.99. The van der Waals surface area contributed by atoms with Gasteiger partial charge in [0.25, 0.3) is 6.43 Å². The Bertz CT molecular complexity index is 898. The second-order valence-electron chi connectivity index (χ2n) is 5.39. The molecule has 8 nitrogen and oxygen atoms in total. The number of alkyl halides is 2. The van der Waals surface area contributed by atoms with Gasteiger partial charge in [0.1, 0.15) is 5.75 Å². The maximum Gasteiger partial charge on any atom is 0.291 e. The third kappa shape index (κ3) is 5.03. The van der Waals surface area contributed by atoms with Gasteiger partial charge in [-0.1, -0.05) is 16.5 Å². The van der Waals surface area contributed by atoms with Gasteiger partial charge in [0.15, 0.2) is 5.01 Å². The Kier molecular flexibility index (Phi) is 6.01. The minimum absolute atomic E-state index is 0.0508. The number of rotatable bonds is 8. The molecule has 11 heteroatoms. The molecule has 1 aromatic carbocycles. The van der Waals surface area contributed by atoms with Crippen LogP contribution in [0.25, 0.3) is 11.4 Å². The number of anilines is 1. The first kappa shape index (κ1) is 18.8. The van der Waals surface area contributed by atoms with E-state index < -0.39 is 11.4 Å². The van der Waals surface area contributed by atoms with Crippen molar-refractivity contribution in [2.45, 2.75) is 25.7 Å². The smallest absolute Gasteiger partial charge is 0.291 e. The van der Waals surface area contributed by atoms with Crippen LogP contribution in [0, 0.1) is 0 Å². The molecule has 0 aliphatic rings. The Morgan fingerprint density at radius 1 is 1.30 bits per heavy atom. The van der Waals surface area contributed by atoms with Crippen LogP contribution in [0.4, 0.5) is 13.9 Å². The summed E-state index contributed by atoms with van der Waals surface area (Å²) in [6.07, 6.45) is -1.68. The van der Waals surface area contributed by atoms with Crippen molar-refractivity contribution in [3.63, 3.8) is 0 Å². The molecule has 2 aromatic heterocycles. The Morgan fingerprint density at radius 2 is 2.07 bits per heavy atom. The van der Waals surface area contributed by atoms with Gasteiger partial charge in [-0.3, -0.25) is 4.79 Å². The maximum atomic E-state index is 12.4. The summed E-state index contributed by atoms with van der Waals surface area (Å²) < 4.78 is 35.1. The van der Waals surface area contributed by atoms with E-state index in [-0.39, 0.29) is 17.5 Å².